The third-order valence-corrected chi connectivity index (χ3v) is 3.14. The molecule has 0 radical (unpaired) electrons. The molecule has 2 unspecified atom stereocenters. The van der Waals surface area contributed by atoms with Gasteiger partial charge in [-0.1, -0.05) is 18.2 Å². The molecule has 1 heterocycles. The number of hydrogen-bond acceptors (Lipinski definition) is 4. The van der Waals surface area contributed by atoms with Crippen LogP contribution in [0.5, 0.6) is 5.75 Å². The predicted octanol–water partition coefficient (Wildman–Crippen LogP) is 2.37. The molecule has 1 amide bonds. The van der Waals surface area contributed by atoms with Crippen molar-refractivity contribution < 1.29 is 9.53 Å². The van der Waals surface area contributed by atoms with Crippen molar-refractivity contribution in [3.63, 3.8) is 0 Å². The minimum absolute atomic E-state index is 0.152. The van der Waals surface area contributed by atoms with Crippen molar-refractivity contribution in [1.82, 2.24) is 15.3 Å². The van der Waals surface area contributed by atoms with E-state index in [1.165, 1.54) is 6.20 Å². The second-order valence-corrected chi connectivity index (χ2v) is 4.94. The molecule has 1 aromatic heterocycles. The maximum absolute atomic E-state index is 12.1. The average molecular weight is 285 g/mol. The molecule has 0 aliphatic heterocycles. The van der Waals surface area contributed by atoms with Crippen molar-refractivity contribution in [2.75, 3.05) is 0 Å². The number of amides is 1. The quantitative estimate of drug-likeness (QED) is 0.916. The van der Waals surface area contributed by atoms with Crippen molar-refractivity contribution >= 4 is 5.91 Å². The summed E-state index contributed by atoms with van der Waals surface area (Å²) in [6.45, 7) is 5.64. The van der Waals surface area contributed by atoms with Crippen LogP contribution in [0.3, 0.4) is 0 Å². The average Bonchev–Trinajstić information content (AvgIpc) is 2.48. The molecule has 5 heteroatoms. The van der Waals surface area contributed by atoms with E-state index in [1.54, 1.807) is 6.20 Å². The van der Waals surface area contributed by atoms with E-state index in [9.17, 15) is 4.79 Å². The van der Waals surface area contributed by atoms with Crippen LogP contribution < -0.4 is 10.1 Å². The van der Waals surface area contributed by atoms with Gasteiger partial charge >= 0.3 is 0 Å². The molecular formula is C16H19N3O2. The lowest BCUT2D eigenvalue weighted by molar-refractivity contribution is 0.0888. The summed E-state index contributed by atoms with van der Waals surface area (Å²) in [6, 6.07) is 9.37. The molecule has 1 N–H and O–H groups in total. The highest BCUT2D eigenvalue weighted by Crippen LogP contribution is 2.12. The van der Waals surface area contributed by atoms with Gasteiger partial charge in [0.15, 0.2) is 0 Å². The van der Waals surface area contributed by atoms with Crippen molar-refractivity contribution in [3.05, 3.63) is 54.1 Å². The Morgan fingerprint density at radius 2 is 1.86 bits per heavy atom. The summed E-state index contributed by atoms with van der Waals surface area (Å²) >= 11 is 0. The molecule has 2 aromatic rings. The van der Waals surface area contributed by atoms with Gasteiger partial charge in [0.05, 0.1) is 17.9 Å². The third-order valence-electron chi connectivity index (χ3n) is 3.14. The molecule has 0 aliphatic carbocycles. The first-order chi connectivity index (χ1) is 10.1. The first kappa shape index (κ1) is 15.0. The molecule has 2 rings (SSSR count). The zero-order chi connectivity index (χ0) is 15.2. The van der Waals surface area contributed by atoms with E-state index in [0.29, 0.717) is 5.69 Å². The van der Waals surface area contributed by atoms with Crippen LogP contribution in [0.4, 0.5) is 0 Å². The molecule has 21 heavy (non-hydrogen) atoms. The maximum Gasteiger partial charge on any atom is 0.271 e. The highest BCUT2D eigenvalue weighted by molar-refractivity contribution is 5.92. The van der Waals surface area contributed by atoms with Crippen LogP contribution in [0.2, 0.25) is 0 Å². The monoisotopic (exact) mass is 285 g/mol. The van der Waals surface area contributed by atoms with Crippen molar-refractivity contribution in [2.24, 2.45) is 0 Å². The number of nitrogens with zero attached hydrogens (tertiary/aromatic N) is 2. The molecule has 0 saturated carbocycles. The number of benzene rings is 1. The molecule has 2 atom stereocenters. The van der Waals surface area contributed by atoms with Gasteiger partial charge in [0, 0.05) is 6.20 Å². The summed E-state index contributed by atoms with van der Waals surface area (Å²) in [4.78, 5) is 20.2. The Kier molecular flexibility index (Phi) is 4.87. The number of ether oxygens (including phenoxy) is 1. The standard InChI is InChI=1S/C16H19N3O2/c1-11-9-18-15(10-17-11)16(20)19-12(2)13(3)21-14-7-5-4-6-8-14/h4-10,12-13H,1-3H3,(H,19,20). The first-order valence-corrected chi connectivity index (χ1v) is 6.87. The molecule has 5 nitrogen and oxygen atoms in total. The van der Waals surface area contributed by atoms with Crippen LogP contribution in [-0.2, 0) is 0 Å². The highest BCUT2D eigenvalue weighted by atomic mass is 16.5. The smallest absolute Gasteiger partial charge is 0.271 e. The highest BCUT2D eigenvalue weighted by Gasteiger charge is 2.18. The Hall–Kier alpha value is -2.43. The van der Waals surface area contributed by atoms with Crippen molar-refractivity contribution in [1.29, 1.82) is 0 Å². The van der Waals surface area contributed by atoms with Gasteiger partial charge in [-0.2, -0.15) is 0 Å². The summed E-state index contributed by atoms with van der Waals surface area (Å²) in [5.74, 6) is 0.528. The zero-order valence-electron chi connectivity index (χ0n) is 12.4. The van der Waals surface area contributed by atoms with Gasteiger partial charge in [-0.25, -0.2) is 4.98 Å². The number of aromatic nitrogens is 2. The lowest BCUT2D eigenvalue weighted by Crippen LogP contribution is -2.42. The van der Waals surface area contributed by atoms with E-state index in [1.807, 2.05) is 51.1 Å². The number of carbonyl (C=O) groups is 1. The fourth-order valence-corrected chi connectivity index (χ4v) is 1.72. The summed E-state index contributed by atoms with van der Waals surface area (Å²) in [5, 5.41) is 2.87. The molecule has 0 aliphatic rings. The van der Waals surface area contributed by atoms with Crippen LogP contribution in [0.1, 0.15) is 30.0 Å². The number of nitrogens with one attached hydrogen (secondary N) is 1. The van der Waals surface area contributed by atoms with Gasteiger partial charge < -0.3 is 10.1 Å². The fraction of sp³-hybridized carbons (Fsp3) is 0.312. The summed E-state index contributed by atoms with van der Waals surface area (Å²) in [7, 11) is 0. The Morgan fingerprint density at radius 1 is 1.14 bits per heavy atom. The van der Waals surface area contributed by atoms with E-state index < -0.39 is 0 Å². The van der Waals surface area contributed by atoms with E-state index in [-0.39, 0.29) is 18.1 Å². The van der Waals surface area contributed by atoms with Gasteiger partial charge in [-0.3, -0.25) is 9.78 Å². The van der Waals surface area contributed by atoms with Gasteiger partial charge in [0.25, 0.3) is 5.91 Å². The van der Waals surface area contributed by atoms with Gasteiger partial charge in [0.2, 0.25) is 0 Å². The second-order valence-electron chi connectivity index (χ2n) is 4.94. The lowest BCUT2D eigenvalue weighted by Gasteiger charge is -2.22. The number of para-hydroxylation sites is 1. The van der Waals surface area contributed by atoms with Gasteiger partial charge in [-0.05, 0) is 32.9 Å². The van der Waals surface area contributed by atoms with Crippen LogP contribution in [0.15, 0.2) is 42.7 Å². The molecule has 0 saturated heterocycles. The second kappa shape index (κ2) is 6.83. The van der Waals surface area contributed by atoms with Crippen LogP contribution >= 0.6 is 0 Å². The number of aryl methyl sites for hydroxylation is 1. The summed E-state index contributed by atoms with van der Waals surface area (Å²) < 4.78 is 5.78. The van der Waals surface area contributed by atoms with E-state index in [0.717, 1.165) is 11.4 Å². The SMILES string of the molecule is Cc1cnc(C(=O)NC(C)C(C)Oc2ccccc2)cn1. The number of rotatable bonds is 5. The Balaban J connectivity index is 1.92. The Morgan fingerprint density at radius 3 is 2.48 bits per heavy atom. The molecule has 1 aromatic carbocycles. The molecular weight excluding hydrogens is 266 g/mol. The fourth-order valence-electron chi connectivity index (χ4n) is 1.72. The minimum atomic E-state index is -0.251. The normalized spacial score (nSPS) is 13.3. The molecule has 0 fully saturated rings. The van der Waals surface area contributed by atoms with Crippen LogP contribution in [-0.4, -0.2) is 28.0 Å². The van der Waals surface area contributed by atoms with E-state index in [2.05, 4.69) is 15.3 Å². The minimum Gasteiger partial charge on any atom is -0.489 e. The van der Waals surface area contributed by atoms with Crippen molar-refractivity contribution in [2.45, 2.75) is 32.9 Å². The molecule has 110 valence electrons. The summed E-state index contributed by atoms with van der Waals surface area (Å²) in [5.41, 5.74) is 1.08. The predicted molar refractivity (Wildman–Crippen MR) is 80.2 cm³/mol. The topological polar surface area (TPSA) is 64.1 Å². The van der Waals surface area contributed by atoms with Crippen LogP contribution in [0, 0.1) is 6.92 Å². The maximum atomic E-state index is 12.1. The number of hydrogen-bond donors (Lipinski definition) is 1. The summed E-state index contributed by atoms with van der Waals surface area (Å²) in [6.07, 6.45) is 2.89. The molecule has 0 spiro atoms. The lowest BCUT2D eigenvalue weighted by atomic mass is 10.2. The first-order valence-electron chi connectivity index (χ1n) is 6.87. The van der Waals surface area contributed by atoms with E-state index >= 15 is 0 Å². The Bertz CT molecular complexity index is 584. The van der Waals surface area contributed by atoms with Gasteiger partial charge in [-0.15, -0.1) is 0 Å². The van der Waals surface area contributed by atoms with E-state index in [4.69, 9.17) is 4.74 Å². The zero-order valence-corrected chi connectivity index (χ0v) is 12.4. The molecule has 0 bridgehead atoms. The third kappa shape index (κ3) is 4.27. The number of carbonyl (C=O) groups excluding carboxylic acids is 1. The van der Waals surface area contributed by atoms with Gasteiger partial charge in [0.1, 0.15) is 17.5 Å². The Labute approximate surface area is 124 Å². The largest absolute Gasteiger partial charge is 0.489 e. The van der Waals surface area contributed by atoms with Crippen molar-refractivity contribution in [3.8, 4) is 5.75 Å². The van der Waals surface area contributed by atoms with Crippen LogP contribution in [0.25, 0.3) is 0 Å².